The van der Waals surface area contributed by atoms with E-state index in [1.165, 1.54) is 12.0 Å². The van der Waals surface area contributed by atoms with Crippen LogP contribution in [0.2, 0.25) is 0 Å². The predicted molar refractivity (Wildman–Crippen MR) is 122 cm³/mol. The highest BCUT2D eigenvalue weighted by molar-refractivity contribution is 14.0. The van der Waals surface area contributed by atoms with Crippen molar-refractivity contribution in [2.24, 2.45) is 10.4 Å². The molecule has 0 spiro atoms. The molecule has 0 saturated carbocycles. The first kappa shape index (κ1) is 21.5. The summed E-state index contributed by atoms with van der Waals surface area (Å²) in [5.74, 6) is 0.968. The van der Waals surface area contributed by atoms with Crippen molar-refractivity contribution in [3.8, 4) is 0 Å². The Bertz CT molecular complexity index is 827. The van der Waals surface area contributed by atoms with Gasteiger partial charge in [0.05, 0.1) is 6.54 Å². The van der Waals surface area contributed by atoms with E-state index in [2.05, 4.69) is 53.3 Å². The van der Waals surface area contributed by atoms with Crippen LogP contribution in [0, 0.1) is 5.41 Å². The number of pyridine rings is 1. The average molecular weight is 480 g/mol. The topological polar surface area (TPSA) is 49.6 Å². The summed E-state index contributed by atoms with van der Waals surface area (Å²) in [6.45, 7) is 8.04. The standard InChI is InChI=1S/C21H28N4O.HI/c1-21(2)11-13-25(16-21)20(22-3)23-14-17-7-9-18(10-8-17)15-24-12-5-4-6-19(24)26;/h4-10,12H,11,13-16H2,1-3H3,(H,22,23);1H. The lowest BCUT2D eigenvalue weighted by atomic mass is 9.93. The Hall–Kier alpha value is -1.83. The smallest absolute Gasteiger partial charge is 0.250 e. The molecule has 0 amide bonds. The van der Waals surface area contributed by atoms with E-state index in [1.54, 1.807) is 16.7 Å². The Kier molecular flexibility index (Phi) is 7.47. The van der Waals surface area contributed by atoms with Crippen LogP contribution in [0.5, 0.6) is 0 Å². The molecule has 1 aliphatic rings. The van der Waals surface area contributed by atoms with Gasteiger partial charge in [-0.2, -0.15) is 0 Å². The van der Waals surface area contributed by atoms with Gasteiger partial charge in [-0.05, 0) is 29.0 Å². The molecule has 5 nitrogen and oxygen atoms in total. The van der Waals surface area contributed by atoms with Gasteiger partial charge < -0.3 is 14.8 Å². The van der Waals surface area contributed by atoms with Crippen molar-refractivity contribution >= 4 is 29.9 Å². The molecule has 1 aromatic carbocycles. The monoisotopic (exact) mass is 480 g/mol. The summed E-state index contributed by atoms with van der Waals surface area (Å²) in [4.78, 5) is 18.6. The van der Waals surface area contributed by atoms with Crippen LogP contribution in [0.4, 0.5) is 0 Å². The third-order valence-corrected chi connectivity index (χ3v) is 4.91. The predicted octanol–water partition coefficient (Wildman–Crippen LogP) is 3.32. The molecule has 1 N–H and O–H groups in total. The number of aliphatic imine (C=N–C) groups is 1. The zero-order chi connectivity index (χ0) is 18.6. The minimum Gasteiger partial charge on any atom is -0.352 e. The molecule has 27 heavy (non-hydrogen) atoms. The summed E-state index contributed by atoms with van der Waals surface area (Å²) in [7, 11) is 1.84. The van der Waals surface area contributed by atoms with Crippen LogP contribution in [0.15, 0.2) is 58.4 Å². The third-order valence-electron chi connectivity index (χ3n) is 4.91. The number of benzene rings is 1. The second-order valence-corrected chi connectivity index (χ2v) is 7.72. The fraction of sp³-hybridized carbons (Fsp3) is 0.429. The molecule has 0 aliphatic carbocycles. The van der Waals surface area contributed by atoms with Crippen molar-refractivity contribution in [3.63, 3.8) is 0 Å². The number of likely N-dealkylation sites (tertiary alicyclic amines) is 1. The number of hydrogen-bond acceptors (Lipinski definition) is 2. The van der Waals surface area contributed by atoms with E-state index in [1.807, 2.05) is 19.3 Å². The molecule has 1 fully saturated rings. The highest BCUT2D eigenvalue weighted by atomic mass is 127. The van der Waals surface area contributed by atoms with E-state index in [-0.39, 0.29) is 29.5 Å². The summed E-state index contributed by atoms with van der Waals surface area (Å²) in [5, 5.41) is 3.46. The minimum atomic E-state index is 0. The van der Waals surface area contributed by atoms with Gasteiger partial charge in [-0.3, -0.25) is 9.79 Å². The Morgan fingerprint density at radius 1 is 1.15 bits per heavy atom. The second kappa shape index (κ2) is 9.39. The molecular formula is C21H29IN4O. The number of halogens is 1. The summed E-state index contributed by atoms with van der Waals surface area (Å²) in [6.07, 6.45) is 3.01. The molecule has 0 unspecified atom stereocenters. The number of aromatic nitrogens is 1. The fourth-order valence-electron chi connectivity index (χ4n) is 3.36. The lowest BCUT2D eigenvalue weighted by Crippen LogP contribution is -2.40. The van der Waals surface area contributed by atoms with Gasteiger partial charge in [-0.15, -0.1) is 24.0 Å². The molecule has 146 valence electrons. The molecule has 0 radical (unpaired) electrons. The largest absolute Gasteiger partial charge is 0.352 e. The fourth-order valence-corrected chi connectivity index (χ4v) is 3.36. The van der Waals surface area contributed by atoms with E-state index in [9.17, 15) is 4.79 Å². The Labute approximate surface area is 178 Å². The summed E-state index contributed by atoms with van der Waals surface area (Å²) in [5.41, 5.74) is 2.70. The lowest BCUT2D eigenvalue weighted by molar-refractivity contribution is 0.370. The van der Waals surface area contributed by atoms with E-state index in [4.69, 9.17) is 0 Å². The van der Waals surface area contributed by atoms with Crippen LogP contribution in [-0.4, -0.2) is 35.6 Å². The van der Waals surface area contributed by atoms with Crippen LogP contribution >= 0.6 is 24.0 Å². The molecule has 2 aromatic rings. The van der Waals surface area contributed by atoms with Crippen LogP contribution in [0.1, 0.15) is 31.4 Å². The van der Waals surface area contributed by atoms with Gasteiger partial charge in [0.25, 0.3) is 5.56 Å². The average Bonchev–Trinajstić information content (AvgIpc) is 2.99. The van der Waals surface area contributed by atoms with Crippen LogP contribution in [0.25, 0.3) is 0 Å². The third kappa shape index (κ3) is 5.82. The quantitative estimate of drug-likeness (QED) is 0.415. The van der Waals surface area contributed by atoms with E-state index < -0.39 is 0 Å². The van der Waals surface area contributed by atoms with Crippen molar-refractivity contribution in [2.75, 3.05) is 20.1 Å². The first-order valence-electron chi connectivity index (χ1n) is 9.16. The summed E-state index contributed by atoms with van der Waals surface area (Å²) >= 11 is 0. The van der Waals surface area contributed by atoms with Crippen LogP contribution < -0.4 is 10.9 Å². The Balaban J connectivity index is 0.00000261. The molecule has 0 bridgehead atoms. The number of hydrogen-bond donors (Lipinski definition) is 1. The maximum Gasteiger partial charge on any atom is 0.250 e. The normalized spacial score (nSPS) is 16.1. The zero-order valence-corrected chi connectivity index (χ0v) is 18.6. The second-order valence-electron chi connectivity index (χ2n) is 7.72. The molecule has 1 aliphatic heterocycles. The van der Waals surface area contributed by atoms with Gasteiger partial charge in [-0.25, -0.2) is 0 Å². The van der Waals surface area contributed by atoms with Gasteiger partial charge in [0.1, 0.15) is 0 Å². The zero-order valence-electron chi connectivity index (χ0n) is 16.3. The van der Waals surface area contributed by atoms with E-state index >= 15 is 0 Å². The lowest BCUT2D eigenvalue weighted by Gasteiger charge is -2.23. The maximum atomic E-state index is 11.8. The number of rotatable bonds is 4. The Morgan fingerprint density at radius 2 is 1.85 bits per heavy atom. The SMILES string of the molecule is CN=C(NCc1ccc(Cn2ccccc2=O)cc1)N1CCC(C)(C)C1.I. The van der Waals surface area contributed by atoms with Gasteiger partial charge in [0.15, 0.2) is 5.96 Å². The van der Waals surface area contributed by atoms with Gasteiger partial charge >= 0.3 is 0 Å². The molecule has 3 rings (SSSR count). The summed E-state index contributed by atoms with van der Waals surface area (Å²) in [6, 6.07) is 13.6. The van der Waals surface area contributed by atoms with Gasteiger partial charge in [-0.1, -0.05) is 44.2 Å². The molecule has 1 aromatic heterocycles. The van der Waals surface area contributed by atoms with E-state index in [0.29, 0.717) is 12.0 Å². The first-order valence-corrected chi connectivity index (χ1v) is 9.16. The number of nitrogens with zero attached hydrogens (tertiary/aromatic N) is 3. The van der Waals surface area contributed by atoms with Gasteiger partial charge in [0, 0.05) is 38.9 Å². The van der Waals surface area contributed by atoms with Crippen LogP contribution in [0.3, 0.4) is 0 Å². The van der Waals surface area contributed by atoms with Crippen LogP contribution in [-0.2, 0) is 13.1 Å². The minimum absolute atomic E-state index is 0. The van der Waals surface area contributed by atoms with E-state index in [0.717, 1.165) is 31.2 Å². The molecule has 6 heteroatoms. The van der Waals surface area contributed by atoms with Crippen molar-refractivity contribution < 1.29 is 0 Å². The highest BCUT2D eigenvalue weighted by Gasteiger charge is 2.30. The van der Waals surface area contributed by atoms with Crippen molar-refractivity contribution in [2.45, 2.75) is 33.4 Å². The molecule has 1 saturated heterocycles. The summed E-state index contributed by atoms with van der Waals surface area (Å²) < 4.78 is 1.71. The number of nitrogens with one attached hydrogen (secondary N) is 1. The van der Waals surface area contributed by atoms with Gasteiger partial charge in [0.2, 0.25) is 0 Å². The Morgan fingerprint density at radius 3 is 2.44 bits per heavy atom. The highest BCUT2D eigenvalue weighted by Crippen LogP contribution is 2.28. The van der Waals surface area contributed by atoms with Crippen molar-refractivity contribution in [1.29, 1.82) is 0 Å². The van der Waals surface area contributed by atoms with Crippen molar-refractivity contribution in [3.05, 3.63) is 70.1 Å². The van der Waals surface area contributed by atoms with Crippen molar-refractivity contribution in [1.82, 2.24) is 14.8 Å². The molecule has 0 atom stereocenters. The number of guanidine groups is 1. The maximum absolute atomic E-state index is 11.8. The molecule has 2 heterocycles. The first-order chi connectivity index (χ1) is 12.5. The molecular weight excluding hydrogens is 451 g/mol.